The lowest BCUT2D eigenvalue weighted by molar-refractivity contribution is -0.0179. The Morgan fingerprint density at radius 2 is 2.53 bits per heavy atom. The number of rotatable bonds is 5. The Hall–Kier alpha value is -0.490. The number of hydrogen-bond acceptors (Lipinski definition) is 5. The lowest BCUT2D eigenvalue weighted by atomic mass is 10.2. The highest BCUT2D eigenvalue weighted by Gasteiger charge is 2.16. The zero-order valence-corrected chi connectivity index (χ0v) is 11.4. The number of nitrogens with one attached hydrogen (secondary N) is 1. The fourth-order valence-corrected chi connectivity index (χ4v) is 2.64. The van der Waals surface area contributed by atoms with Gasteiger partial charge in [0.2, 0.25) is 0 Å². The molecule has 2 heterocycles. The van der Waals surface area contributed by atoms with Crippen LogP contribution in [0.4, 0.5) is 0 Å². The largest absolute Gasteiger partial charge is 0.374 e. The lowest BCUT2D eigenvalue weighted by Crippen LogP contribution is -2.45. The summed E-state index contributed by atoms with van der Waals surface area (Å²) in [4.78, 5) is 6.77. The Morgan fingerprint density at radius 1 is 1.65 bits per heavy atom. The predicted molar refractivity (Wildman–Crippen MR) is 70.7 cm³/mol. The second-order valence-corrected chi connectivity index (χ2v) is 5.63. The van der Waals surface area contributed by atoms with E-state index in [9.17, 15) is 0 Å². The van der Waals surface area contributed by atoms with Crippen LogP contribution in [0.2, 0.25) is 0 Å². The van der Waals surface area contributed by atoms with Crippen LogP contribution in [0.1, 0.15) is 10.7 Å². The Balaban J connectivity index is 1.59. The minimum atomic E-state index is 0.339. The van der Waals surface area contributed by atoms with E-state index >= 15 is 0 Å². The van der Waals surface area contributed by atoms with Crippen molar-refractivity contribution in [2.45, 2.75) is 19.4 Å². The van der Waals surface area contributed by atoms with Gasteiger partial charge in [-0.25, -0.2) is 4.98 Å². The van der Waals surface area contributed by atoms with Crippen molar-refractivity contribution in [2.24, 2.45) is 0 Å². The number of hydrogen-bond donors (Lipinski definition) is 1. The number of morpholine rings is 1. The van der Waals surface area contributed by atoms with Crippen LogP contribution >= 0.6 is 11.3 Å². The van der Waals surface area contributed by atoms with E-state index in [1.807, 2.05) is 6.92 Å². The topological polar surface area (TPSA) is 37.4 Å². The second-order valence-electron chi connectivity index (χ2n) is 4.57. The van der Waals surface area contributed by atoms with E-state index < -0.39 is 0 Å². The second kappa shape index (κ2) is 6.44. The van der Waals surface area contributed by atoms with Crippen molar-refractivity contribution >= 4 is 11.3 Å². The number of aryl methyl sites for hydroxylation is 1. The molecule has 0 spiro atoms. The van der Waals surface area contributed by atoms with Gasteiger partial charge in [-0.1, -0.05) is 0 Å². The average molecular weight is 255 g/mol. The zero-order valence-electron chi connectivity index (χ0n) is 10.6. The highest BCUT2D eigenvalue weighted by Crippen LogP contribution is 2.08. The first-order valence-electron chi connectivity index (χ1n) is 6.16. The Labute approximate surface area is 107 Å². The molecule has 1 aliphatic rings. The molecule has 0 aliphatic carbocycles. The SMILES string of the molecule is Cc1nc(CCNCC2CN(C)CCO2)cs1. The number of thiazole rings is 1. The molecular weight excluding hydrogens is 234 g/mol. The smallest absolute Gasteiger partial charge is 0.0897 e. The monoisotopic (exact) mass is 255 g/mol. The van der Waals surface area contributed by atoms with Crippen molar-refractivity contribution in [3.63, 3.8) is 0 Å². The molecule has 1 unspecified atom stereocenters. The maximum atomic E-state index is 5.69. The number of likely N-dealkylation sites (N-methyl/N-ethyl adjacent to an activating group) is 1. The summed E-state index contributed by atoms with van der Waals surface area (Å²) in [6.07, 6.45) is 1.35. The summed E-state index contributed by atoms with van der Waals surface area (Å²) in [5.41, 5.74) is 1.20. The maximum absolute atomic E-state index is 5.69. The molecule has 1 fully saturated rings. The lowest BCUT2D eigenvalue weighted by Gasteiger charge is -2.30. The van der Waals surface area contributed by atoms with Crippen molar-refractivity contribution in [2.75, 3.05) is 39.8 Å². The van der Waals surface area contributed by atoms with Crippen LogP contribution in [-0.4, -0.2) is 55.8 Å². The first-order chi connectivity index (χ1) is 8.24. The van der Waals surface area contributed by atoms with Gasteiger partial charge in [0.15, 0.2) is 0 Å². The summed E-state index contributed by atoms with van der Waals surface area (Å²) in [5.74, 6) is 0. The van der Waals surface area contributed by atoms with Gasteiger partial charge in [0.1, 0.15) is 0 Å². The zero-order chi connectivity index (χ0) is 12.1. The van der Waals surface area contributed by atoms with Gasteiger partial charge >= 0.3 is 0 Å². The molecule has 0 bridgehead atoms. The summed E-state index contributed by atoms with van der Waals surface area (Å²) < 4.78 is 5.69. The summed E-state index contributed by atoms with van der Waals surface area (Å²) in [5, 5.41) is 6.74. The molecule has 1 atom stereocenters. The van der Waals surface area contributed by atoms with Gasteiger partial charge in [-0.3, -0.25) is 0 Å². The van der Waals surface area contributed by atoms with Crippen molar-refractivity contribution in [3.05, 3.63) is 16.1 Å². The summed E-state index contributed by atoms with van der Waals surface area (Å²) >= 11 is 1.72. The Kier molecular flexibility index (Phi) is 4.91. The molecule has 0 radical (unpaired) electrons. The average Bonchev–Trinajstić information content (AvgIpc) is 2.71. The van der Waals surface area contributed by atoms with E-state index in [1.54, 1.807) is 11.3 Å². The van der Waals surface area contributed by atoms with E-state index in [-0.39, 0.29) is 0 Å². The highest BCUT2D eigenvalue weighted by atomic mass is 32.1. The fraction of sp³-hybridized carbons (Fsp3) is 0.750. The molecule has 0 aromatic carbocycles. The minimum Gasteiger partial charge on any atom is -0.374 e. The standard InChI is InChI=1S/C12H21N3OS/c1-10-14-11(9-17-10)3-4-13-7-12-8-15(2)5-6-16-12/h9,12-13H,3-8H2,1-2H3. The third-order valence-corrected chi connectivity index (χ3v) is 3.76. The Bertz CT molecular complexity index is 342. The van der Waals surface area contributed by atoms with Gasteiger partial charge in [0.25, 0.3) is 0 Å². The van der Waals surface area contributed by atoms with E-state index in [0.717, 1.165) is 44.2 Å². The fourth-order valence-electron chi connectivity index (χ4n) is 1.99. The van der Waals surface area contributed by atoms with Gasteiger partial charge in [0.05, 0.1) is 23.4 Å². The van der Waals surface area contributed by atoms with Gasteiger partial charge < -0.3 is 15.0 Å². The molecule has 0 saturated carbocycles. The minimum absolute atomic E-state index is 0.339. The van der Waals surface area contributed by atoms with Gasteiger partial charge in [0, 0.05) is 38.0 Å². The first kappa shape index (κ1) is 13.0. The molecular formula is C12H21N3OS. The van der Waals surface area contributed by atoms with Crippen LogP contribution in [0, 0.1) is 6.92 Å². The van der Waals surface area contributed by atoms with Crippen LogP contribution in [0.5, 0.6) is 0 Å². The molecule has 1 saturated heterocycles. The van der Waals surface area contributed by atoms with Crippen LogP contribution in [0.25, 0.3) is 0 Å². The molecule has 1 aliphatic heterocycles. The molecule has 17 heavy (non-hydrogen) atoms. The van der Waals surface area contributed by atoms with Crippen LogP contribution in [-0.2, 0) is 11.2 Å². The molecule has 1 aromatic heterocycles. The van der Waals surface area contributed by atoms with Crippen molar-refractivity contribution in [1.82, 2.24) is 15.2 Å². The van der Waals surface area contributed by atoms with E-state index in [2.05, 4.69) is 27.6 Å². The normalized spacial score (nSPS) is 21.9. The summed E-state index contributed by atoms with van der Waals surface area (Å²) in [7, 11) is 2.15. The van der Waals surface area contributed by atoms with Crippen LogP contribution < -0.4 is 5.32 Å². The maximum Gasteiger partial charge on any atom is 0.0897 e. The molecule has 96 valence electrons. The van der Waals surface area contributed by atoms with Crippen molar-refractivity contribution in [3.8, 4) is 0 Å². The van der Waals surface area contributed by atoms with E-state index in [4.69, 9.17) is 4.74 Å². The molecule has 4 nitrogen and oxygen atoms in total. The Morgan fingerprint density at radius 3 is 3.24 bits per heavy atom. The predicted octanol–water partition coefficient (Wildman–Crippen LogP) is 0.914. The third-order valence-electron chi connectivity index (χ3n) is 2.94. The summed E-state index contributed by atoms with van der Waals surface area (Å²) in [6, 6.07) is 0. The van der Waals surface area contributed by atoms with Gasteiger partial charge in [-0.05, 0) is 14.0 Å². The molecule has 1 aromatic rings. The molecule has 2 rings (SSSR count). The molecule has 1 N–H and O–H groups in total. The van der Waals surface area contributed by atoms with E-state index in [1.165, 1.54) is 5.69 Å². The molecule has 0 amide bonds. The summed E-state index contributed by atoms with van der Waals surface area (Å²) in [6.45, 7) is 6.90. The number of ether oxygens (including phenoxy) is 1. The van der Waals surface area contributed by atoms with Crippen LogP contribution in [0.3, 0.4) is 0 Å². The third kappa shape index (κ3) is 4.35. The number of aromatic nitrogens is 1. The van der Waals surface area contributed by atoms with Crippen molar-refractivity contribution in [1.29, 1.82) is 0 Å². The highest BCUT2D eigenvalue weighted by molar-refractivity contribution is 7.09. The first-order valence-corrected chi connectivity index (χ1v) is 7.04. The molecule has 5 heteroatoms. The number of nitrogens with zero attached hydrogens (tertiary/aromatic N) is 2. The van der Waals surface area contributed by atoms with Gasteiger partial charge in [-0.15, -0.1) is 11.3 Å². The van der Waals surface area contributed by atoms with Crippen LogP contribution in [0.15, 0.2) is 5.38 Å². The van der Waals surface area contributed by atoms with Crippen molar-refractivity contribution < 1.29 is 4.74 Å². The van der Waals surface area contributed by atoms with E-state index in [0.29, 0.717) is 6.10 Å². The van der Waals surface area contributed by atoms with Gasteiger partial charge in [-0.2, -0.15) is 0 Å². The quantitative estimate of drug-likeness (QED) is 0.794.